The summed E-state index contributed by atoms with van der Waals surface area (Å²) < 4.78 is 51.7. The molecule has 0 aliphatic carbocycles. The molecular weight excluding hydrogens is 262 g/mol. The van der Waals surface area contributed by atoms with Crippen LogP contribution in [-0.2, 0) is 17.9 Å². The van der Waals surface area contributed by atoms with Crippen LogP contribution in [0.1, 0.15) is 11.3 Å². The maximum absolute atomic E-state index is 12.5. The van der Waals surface area contributed by atoms with Gasteiger partial charge in [0.05, 0.1) is 12.1 Å². The van der Waals surface area contributed by atoms with Gasteiger partial charge in [-0.3, -0.25) is 9.59 Å². The van der Waals surface area contributed by atoms with E-state index >= 15 is 0 Å². The van der Waals surface area contributed by atoms with E-state index in [9.17, 15) is 27.2 Å². The van der Waals surface area contributed by atoms with Crippen LogP contribution >= 0.6 is 0 Å². The molecule has 18 heavy (non-hydrogen) atoms. The first-order chi connectivity index (χ1) is 8.24. The van der Waals surface area contributed by atoms with Gasteiger partial charge in [0.1, 0.15) is 6.67 Å². The second-order valence-corrected chi connectivity index (χ2v) is 3.19. The van der Waals surface area contributed by atoms with Crippen molar-refractivity contribution < 1.29 is 32.2 Å². The van der Waals surface area contributed by atoms with Crippen molar-refractivity contribution in [2.24, 2.45) is 0 Å². The predicted octanol–water partition coefficient (Wildman–Crippen LogP) is 1.37. The number of aromatic amines is 1. The summed E-state index contributed by atoms with van der Waals surface area (Å²) >= 11 is 0. The maximum atomic E-state index is 12.5. The Kier molecular flexibility index (Phi) is 3.94. The Morgan fingerprint density at radius 1 is 1.44 bits per heavy atom. The number of aromatic nitrogens is 1. The number of alkyl halides is 4. The number of hydrogen-bond donors (Lipinski definition) is 2. The number of H-pyrrole nitrogens is 1. The van der Waals surface area contributed by atoms with E-state index in [1.54, 1.807) is 0 Å². The minimum Gasteiger partial charge on any atom is -0.481 e. The van der Waals surface area contributed by atoms with E-state index in [0.29, 0.717) is 6.20 Å². The van der Waals surface area contributed by atoms with Crippen LogP contribution in [0.15, 0.2) is 11.0 Å². The van der Waals surface area contributed by atoms with Crippen molar-refractivity contribution in [2.75, 3.05) is 0 Å². The van der Waals surface area contributed by atoms with Crippen molar-refractivity contribution in [3.63, 3.8) is 0 Å². The quantitative estimate of drug-likeness (QED) is 0.809. The molecule has 5 nitrogen and oxygen atoms in total. The number of pyridine rings is 1. The molecule has 2 N–H and O–H groups in total. The van der Waals surface area contributed by atoms with Crippen LogP contribution in [0.4, 0.5) is 17.6 Å². The van der Waals surface area contributed by atoms with Gasteiger partial charge in [0.2, 0.25) is 5.43 Å². The van der Waals surface area contributed by atoms with E-state index in [-0.39, 0.29) is 0 Å². The van der Waals surface area contributed by atoms with Gasteiger partial charge in [0.25, 0.3) is 0 Å². The second kappa shape index (κ2) is 5.07. The summed E-state index contributed by atoms with van der Waals surface area (Å²) in [7, 11) is 0. The van der Waals surface area contributed by atoms with Crippen molar-refractivity contribution in [1.82, 2.24) is 4.98 Å². The van der Waals surface area contributed by atoms with Gasteiger partial charge in [-0.25, -0.2) is 4.39 Å². The molecule has 0 amide bonds. The number of ether oxygens (including phenoxy) is 1. The molecule has 0 aliphatic rings. The number of carbonyl (C=O) groups is 1. The van der Waals surface area contributed by atoms with E-state index < -0.39 is 47.9 Å². The Balaban J connectivity index is 3.25. The van der Waals surface area contributed by atoms with Crippen molar-refractivity contribution in [3.05, 3.63) is 27.7 Å². The third-order valence-corrected chi connectivity index (χ3v) is 1.93. The number of halogens is 4. The lowest BCUT2D eigenvalue weighted by Crippen LogP contribution is -2.25. The zero-order chi connectivity index (χ0) is 13.9. The van der Waals surface area contributed by atoms with Gasteiger partial charge in [0, 0.05) is 11.8 Å². The van der Waals surface area contributed by atoms with Crippen LogP contribution < -0.4 is 10.2 Å². The fourth-order valence-electron chi connectivity index (χ4n) is 1.25. The van der Waals surface area contributed by atoms with Gasteiger partial charge in [-0.2, -0.15) is 0 Å². The smallest absolute Gasteiger partial charge is 0.481 e. The molecule has 0 bridgehead atoms. The molecule has 0 saturated carbocycles. The zero-order valence-corrected chi connectivity index (χ0v) is 8.68. The molecule has 1 aromatic heterocycles. The van der Waals surface area contributed by atoms with Crippen LogP contribution in [0.25, 0.3) is 0 Å². The lowest BCUT2D eigenvalue weighted by Gasteiger charge is -2.10. The number of carboxylic acid groups (broad SMARTS) is 1. The van der Waals surface area contributed by atoms with Crippen molar-refractivity contribution in [2.45, 2.75) is 19.5 Å². The normalized spacial score (nSPS) is 11.3. The van der Waals surface area contributed by atoms with Crippen LogP contribution in [0.2, 0.25) is 0 Å². The first-order valence-corrected chi connectivity index (χ1v) is 4.51. The van der Waals surface area contributed by atoms with Crippen molar-refractivity contribution >= 4 is 5.97 Å². The Morgan fingerprint density at radius 3 is 2.50 bits per heavy atom. The van der Waals surface area contributed by atoms with E-state index in [0.717, 1.165) is 0 Å². The molecule has 100 valence electrons. The third-order valence-electron chi connectivity index (χ3n) is 1.93. The summed E-state index contributed by atoms with van der Waals surface area (Å²) in [5.41, 5.74) is -2.30. The van der Waals surface area contributed by atoms with Crippen molar-refractivity contribution in [1.29, 1.82) is 0 Å². The Hall–Kier alpha value is -2.06. The number of rotatable bonds is 4. The summed E-state index contributed by atoms with van der Waals surface area (Å²) in [5, 5.41) is 8.50. The molecule has 0 atom stereocenters. The molecule has 1 rings (SSSR count). The van der Waals surface area contributed by atoms with Crippen LogP contribution in [0, 0.1) is 0 Å². The van der Waals surface area contributed by atoms with Crippen LogP contribution in [-0.4, -0.2) is 22.4 Å². The zero-order valence-electron chi connectivity index (χ0n) is 8.68. The molecule has 9 heteroatoms. The molecule has 0 spiro atoms. The number of carboxylic acids is 1. The van der Waals surface area contributed by atoms with Gasteiger partial charge < -0.3 is 14.8 Å². The van der Waals surface area contributed by atoms with Gasteiger partial charge in [0.15, 0.2) is 5.75 Å². The number of hydrogen-bond acceptors (Lipinski definition) is 3. The van der Waals surface area contributed by atoms with E-state index in [1.165, 1.54) is 0 Å². The van der Waals surface area contributed by atoms with Gasteiger partial charge >= 0.3 is 12.3 Å². The lowest BCUT2D eigenvalue weighted by molar-refractivity contribution is -0.275. The van der Waals surface area contributed by atoms with Crippen LogP contribution in [0.5, 0.6) is 5.75 Å². The number of aliphatic carboxylic acids is 1. The number of nitrogens with one attached hydrogen (secondary N) is 1. The molecule has 1 aromatic rings. The van der Waals surface area contributed by atoms with Crippen molar-refractivity contribution in [3.8, 4) is 5.75 Å². The minimum atomic E-state index is -5.09. The molecular formula is C9H7F4NO4. The van der Waals surface area contributed by atoms with Gasteiger partial charge in [-0.15, -0.1) is 13.2 Å². The maximum Gasteiger partial charge on any atom is 0.573 e. The highest BCUT2D eigenvalue weighted by atomic mass is 19.4. The topological polar surface area (TPSA) is 79.4 Å². The summed E-state index contributed by atoms with van der Waals surface area (Å²) in [6.07, 6.45) is -5.45. The van der Waals surface area contributed by atoms with Gasteiger partial charge in [-0.1, -0.05) is 0 Å². The average Bonchev–Trinajstić information content (AvgIpc) is 2.22. The first-order valence-electron chi connectivity index (χ1n) is 4.51. The Bertz CT molecular complexity index is 508. The highest BCUT2D eigenvalue weighted by molar-refractivity contribution is 5.70. The molecule has 1 heterocycles. The first kappa shape index (κ1) is 14.0. The average molecular weight is 269 g/mol. The van der Waals surface area contributed by atoms with E-state index in [2.05, 4.69) is 9.72 Å². The molecule has 0 fully saturated rings. The molecule has 0 aliphatic heterocycles. The predicted molar refractivity (Wildman–Crippen MR) is 49.9 cm³/mol. The second-order valence-electron chi connectivity index (χ2n) is 3.19. The van der Waals surface area contributed by atoms with E-state index in [4.69, 9.17) is 5.11 Å². The van der Waals surface area contributed by atoms with Gasteiger partial charge in [-0.05, 0) is 0 Å². The summed E-state index contributed by atoms with van der Waals surface area (Å²) in [5.74, 6) is -2.60. The highest BCUT2D eigenvalue weighted by Crippen LogP contribution is 2.20. The molecule has 0 unspecified atom stereocenters. The largest absolute Gasteiger partial charge is 0.573 e. The minimum absolute atomic E-state index is 0.392. The fourth-order valence-corrected chi connectivity index (χ4v) is 1.25. The molecule has 0 saturated heterocycles. The summed E-state index contributed by atoms with van der Waals surface area (Å²) in [6.45, 7) is -1.20. The third kappa shape index (κ3) is 3.47. The highest BCUT2D eigenvalue weighted by Gasteiger charge is 2.33. The SMILES string of the molecule is O=C(O)Cc1c(CF)[nH]cc(OC(F)(F)F)c1=O. The van der Waals surface area contributed by atoms with Crippen LogP contribution in [0.3, 0.4) is 0 Å². The standard InChI is InChI=1S/C9H7F4NO4/c10-2-5-4(1-7(15)16)8(17)6(3-14-5)18-9(11,12)13/h3H,1-2H2,(H,14,17)(H,15,16). The lowest BCUT2D eigenvalue weighted by atomic mass is 10.1. The monoisotopic (exact) mass is 269 g/mol. The molecule has 0 aromatic carbocycles. The molecule has 0 radical (unpaired) electrons. The summed E-state index contributed by atoms with van der Waals surface area (Å²) in [6, 6.07) is 0. The fraction of sp³-hybridized carbons (Fsp3) is 0.333. The Morgan fingerprint density at radius 2 is 2.06 bits per heavy atom. The summed E-state index contributed by atoms with van der Waals surface area (Å²) in [4.78, 5) is 24.0. The van der Waals surface area contributed by atoms with E-state index in [1.807, 2.05) is 0 Å². The Labute approximate surface area is 97.0 Å².